The minimum atomic E-state index is 0. The van der Waals surface area contributed by atoms with Crippen LogP contribution in [-0.2, 0) is 0 Å². The maximum absolute atomic E-state index is 2.35. The smallest absolute Gasteiger partial charge is 0.0153 e. The Labute approximate surface area is 79.1 Å². The van der Waals surface area contributed by atoms with Gasteiger partial charge >= 0.3 is 0 Å². The van der Waals surface area contributed by atoms with Crippen molar-refractivity contribution in [2.75, 3.05) is 25.4 Å². The van der Waals surface area contributed by atoms with E-state index in [1.807, 2.05) is 0 Å². The van der Waals surface area contributed by atoms with Crippen molar-refractivity contribution in [2.24, 2.45) is 0 Å². The monoisotopic (exact) mass is 200 g/mol. The molecule has 0 saturated heterocycles. The summed E-state index contributed by atoms with van der Waals surface area (Å²) in [5.41, 5.74) is 0. The van der Waals surface area contributed by atoms with Crippen molar-refractivity contribution in [1.82, 2.24) is 0 Å². The third kappa shape index (κ3) is 36.1. The van der Waals surface area contributed by atoms with E-state index in [2.05, 4.69) is 20.3 Å². The standard InChI is InChI=1S/C5H14P2.4CH4/c1-4-6-5-7(2)3;;;;/h6H,4-5H2,1-3H3;4*1H4. The molecule has 76 valence electrons. The maximum Gasteiger partial charge on any atom is -0.0153 e. The molecule has 0 radical (unpaired) electrons. The summed E-state index contributed by atoms with van der Waals surface area (Å²) in [7, 11) is 1.63. The highest BCUT2D eigenvalue weighted by Crippen LogP contribution is 2.32. The Hall–Kier alpha value is 0.860. The van der Waals surface area contributed by atoms with Crippen LogP contribution >= 0.6 is 16.5 Å². The maximum atomic E-state index is 2.35. The molecule has 0 aliphatic heterocycles. The highest BCUT2D eigenvalue weighted by molar-refractivity contribution is 7.66. The van der Waals surface area contributed by atoms with Crippen LogP contribution in [0.2, 0.25) is 0 Å². The van der Waals surface area contributed by atoms with Gasteiger partial charge in [-0.25, -0.2) is 0 Å². The topological polar surface area (TPSA) is 0 Å². The average molecular weight is 200 g/mol. The van der Waals surface area contributed by atoms with Gasteiger partial charge in [0, 0.05) is 0 Å². The molecule has 0 heterocycles. The van der Waals surface area contributed by atoms with E-state index in [0.29, 0.717) is 7.92 Å². The van der Waals surface area contributed by atoms with Crippen molar-refractivity contribution in [3.8, 4) is 0 Å². The lowest BCUT2D eigenvalue weighted by Gasteiger charge is -2.00. The van der Waals surface area contributed by atoms with E-state index >= 15 is 0 Å². The fraction of sp³-hybridized carbons (Fsp3) is 1.00. The average Bonchev–Trinajstić information content (AvgIpc) is 1.61. The summed E-state index contributed by atoms with van der Waals surface area (Å²) in [6, 6.07) is 0. The minimum absolute atomic E-state index is 0. The molecule has 1 unspecified atom stereocenters. The molecule has 0 aliphatic carbocycles. The summed E-state index contributed by atoms with van der Waals surface area (Å²) in [5, 5.41) is 0. The zero-order valence-electron chi connectivity index (χ0n) is 5.36. The molecule has 0 aliphatic rings. The van der Waals surface area contributed by atoms with Crippen molar-refractivity contribution in [1.29, 1.82) is 0 Å². The van der Waals surface area contributed by atoms with Crippen molar-refractivity contribution in [3.63, 3.8) is 0 Å². The molecule has 0 bridgehead atoms. The third-order valence-electron chi connectivity index (χ3n) is 0.678. The zero-order valence-corrected chi connectivity index (χ0v) is 7.26. The van der Waals surface area contributed by atoms with Gasteiger partial charge in [-0.3, -0.25) is 0 Å². The summed E-state index contributed by atoms with van der Waals surface area (Å²) in [6.07, 6.45) is 1.39. The van der Waals surface area contributed by atoms with Gasteiger partial charge in [0.25, 0.3) is 0 Å². The Morgan fingerprint density at radius 2 is 1.36 bits per heavy atom. The van der Waals surface area contributed by atoms with Crippen LogP contribution in [0, 0.1) is 0 Å². The van der Waals surface area contributed by atoms with E-state index in [0.717, 1.165) is 0 Å². The molecule has 0 amide bonds. The van der Waals surface area contributed by atoms with Crippen LogP contribution in [0.4, 0.5) is 0 Å². The Balaban J connectivity index is -0.0000000300. The van der Waals surface area contributed by atoms with Crippen LogP contribution in [0.15, 0.2) is 0 Å². The largest absolute Gasteiger partial charge is 0.118 e. The lowest BCUT2D eigenvalue weighted by Crippen LogP contribution is -1.69. The van der Waals surface area contributed by atoms with Crippen LogP contribution in [0.25, 0.3) is 0 Å². The molecule has 0 nitrogen and oxygen atoms in total. The predicted octanol–water partition coefficient (Wildman–Crippen LogP) is 4.93. The molecule has 0 aromatic carbocycles. The van der Waals surface area contributed by atoms with Crippen LogP contribution in [0.5, 0.6) is 0 Å². The van der Waals surface area contributed by atoms with Crippen molar-refractivity contribution in [2.45, 2.75) is 36.6 Å². The molecule has 2 heteroatoms. The van der Waals surface area contributed by atoms with Crippen LogP contribution in [0.3, 0.4) is 0 Å². The van der Waals surface area contributed by atoms with Gasteiger partial charge in [-0.05, 0) is 25.4 Å². The van der Waals surface area contributed by atoms with Gasteiger partial charge in [-0.15, -0.1) is 16.5 Å². The van der Waals surface area contributed by atoms with E-state index in [9.17, 15) is 0 Å². The lowest BCUT2D eigenvalue weighted by molar-refractivity contribution is 1.51. The summed E-state index contributed by atoms with van der Waals surface area (Å²) < 4.78 is 0. The van der Waals surface area contributed by atoms with Crippen molar-refractivity contribution < 1.29 is 0 Å². The molecule has 1 atom stereocenters. The summed E-state index contributed by atoms with van der Waals surface area (Å²) in [5.74, 6) is 1.49. The Bertz CT molecular complexity index is 36.5. The van der Waals surface area contributed by atoms with E-state index in [1.165, 1.54) is 20.6 Å². The first-order valence-corrected chi connectivity index (χ1v) is 6.46. The first kappa shape index (κ1) is 29.7. The van der Waals surface area contributed by atoms with Gasteiger partial charge in [-0.2, -0.15) is 0 Å². The summed E-state index contributed by atoms with van der Waals surface area (Å²) >= 11 is 0. The second-order valence-electron chi connectivity index (χ2n) is 1.84. The Morgan fingerprint density at radius 1 is 1.00 bits per heavy atom. The van der Waals surface area contributed by atoms with Crippen LogP contribution in [0.1, 0.15) is 36.6 Å². The number of hydrogen-bond donors (Lipinski definition) is 0. The first-order valence-electron chi connectivity index (χ1n) is 2.62. The van der Waals surface area contributed by atoms with Gasteiger partial charge in [0.1, 0.15) is 0 Å². The van der Waals surface area contributed by atoms with E-state index in [1.54, 1.807) is 0 Å². The van der Waals surface area contributed by atoms with E-state index in [4.69, 9.17) is 0 Å². The second kappa shape index (κ2) is 22.4. The van der Waals surface area contributed by atoms with Gasteiger partial charge in [0.15, 0.2) is 0 Å². The van der Waals surface area contributed by atoms with Crippen LogP contribution < -0.4 is 0 Å². The molecular formula is C9H30P2. The minimum Gasteiger partial charge on any atom is -0.118 e. The Kier molecular flexibility index (Phi) is 60.6. The summed E-state index contributed by atoms with van der Waals surface area (Å²) in [4.78, 5) is 0. The summed E-state index contributed by atoms with van der Waals surface area (Å²) in [6.45, 7) is 6.95. The van der Waals surface area contributed by atoms with E-state index < -0.39 is 0 Å². The van der Waals surface area contributed by atoms with Gasteiger partial charge in [0.05, 0.1) is 0 Å². The number of rotatable bonds is 3. The molecule has 0 fully saturated rings. The van der Waals surface area contributed by atoms with Gasteiger partial charge < -0.3 is 0 Å². The molecule has 0 N–H and O–H groups in total. The molecule has 11 heavy (non-hydrogen) atoms. The zero-order chi connectivity index (χ0) is 5.70. The molecule has 0 rings (SSSR count). The number of hydrogen-bond acceptors (Lipinski definition) is 0. The molecule has 0 spiro atoms. The predicted molar refractivity (Wildman–Crippen MR) is 69.4 cm³/mol. The fourth-order valence-corrected chi connectivity index (χ4v) is 3.02. The fourth-order valence-electron chi connectivity index (χ4n) is 0.335. The highest BCUT2D eigenvalue weighted by Gasteiger charge is 1.87. The molecule has 0 aromatic heterocycles. The SMILES string of the molecule is C.C.C.C.CCPCP(C)C. The first-order chi connectivity index (χ1) is 3.27. The Morgan fingerprint density at radius 3 is 1.45 bits per heavy atom. The normalized spacial score (nSPS) is 7.64. The third-order valence-corrected chi connectivity index (χ3v) is 4.60. The molecule has 0 saturated carbocycles. The molecule has 0 aromatic rings. The molecular weight excluding hydrogens is 170 g/mol. The van der Waals surface area contributed by atoms with Gasteiger partial charge in [-0.1, -0.05) is 36.6 Å². The highest BCUT2D eigenvalue weighted by atomic mass is 31.2. The van der Waals surface area contributed by atoms with Crippen molar-refractivity contribution in [3.05, 3.63) is 0 Å². The van der Waals surface area contributed by atoms with Crippen molar-refractivity contribution >= 4 is 16.5 Å². The quantitative estimate of drug-likeness (QED) is 0.567. The second-order valence-corrected chi connectivity index (χ2v) is 6.47. The van der Waals surface area contributed by atoms with E-state index in [-0.39, 0.29) is 29.7 Å². The van der Waals surface area contributed by atoms with Crippen LogP contribution in [-0.4, -0.2) is 25.4 Å². The van der Waals surface area contributed by atoms with Gasteiger partial charge in [0.2, 0.25) is 0 Å². The lowest BCUT2D eigenvalue weighted by atomic mass is 11.0.